The maximum Gasteiger partial charge on any atom is 0.254 e. The standard InChI is InChI=1S/C19H24N2O/c1-18(2,3)19-10-5-8-16(9-11-19)21(19)17(22)15-7-4-6-14(12-15)13-20/h4,6-7,12,16H,5,8-11H2,1-3H3. The fourth-order valence-corrected chi connectivity index (χ4v) is 4.49. The van der Waals surface area contributed by atoms with E-state index in [2.05, 4.69) is 31.7 Å². The molecule has 22 heavy (non-hydrogen) atoms. The summed E-state index contributed by atoms with van der Waals surface area (Å²) in [5, 5.41) is 9.08. The van der Waals surface area contributed by atoms with Crippen molar-refractivity contribution in [2.45, 2.75) is 64.5 Å². The Kier molecular flexibility index (Phi) is 3.51. The minimum atomic E-state index is -0.0321. The Morgan fingerprint density at radius 3 is 2.77 bits per heavy atom. The predicted octanol–water partition coefficient (Wildman–Crippen LogP) is 4.13. The van der Waals surface area contributed by atoms with Gasteiger partial charge in [0.1, 0.15) is 0 Å². The van der Waals surface area contributed by atoms with Crippen LogP contribution in [0.4, 0.5) is 0 Å². The fraction of sp³-hybridized carbons (Fsp3) is 0.579. The zero-order valence-corrected chi connectivity index (χ0v) is 13.7. The molecule has 2 bridgehead atoms. The summed E-state index contributed by atoms with van der Waals surface area (Å²) in [5.74, 6) is 0.106. The lowest BCUT2D eigenvalue weighted by atomic mass is 9.68. The van der Waals surface area contributed by atoms with E-state index in [1.54, 1.807) is 18.2 Å². The molecular formula is C19H24N2O. The van der Waals surface area contributed by atoms with Gasteiger partial charge in [-0.05, 0) is 55.7 Å². The Bertz CT molecular complexity index is 634. The summed E-state index contributed by atoms with van der Waals surface area (Å²) < 4.78 is 0. The maximum absolute atomic E-state index is 13.2. The summed E-state index contributed by atoms with van der Waals surface area (Å²) in [7, 11) is 0. The van der Waals surface area contributed by atoms with Crippen LogP contribution in [-0.2, 0) is 0 Å². The molecule has 1 aromatic rings. The summed E-state index contributed by atoms with van der Waals surface area (Å²) in [4.78, 5) is 15.4. The van der Waals surface area contributed by atoms with E-state index in [0.717, 1.165) is 25.7 Å². The summed E-state index contributed by atoms with van der Waals surface area (Å²) in [6.45, 7) is 6.77. The molecule has 0 aromatic heterocycles. The Hall–Kier alpha value is -1.82. The second-order valence-corrected chi connectivity index (χ2v) is 7.73. The second kappa shape index (κ2) is 5.12. The quantitative estimate of drug-likeness (QED) is 0.782. The van der Waals surface area contributed by atoms with E-state index < -0.39 is 0 Å². The minimum absolute atomic E-state index is 0.0321. The van der Waals surface area contributed by atoms with Crippen molar-refractivity contribution in [3.63, 3.8) is 0 Å². The highest BCUT2D eigenvalue weighted by Crippen LogP contribution is 2.53. The van der Waals surface area contributed by atoms with Crippen LogP contribution in [0.3, 0.4) is 0 Å². The molecule has 2 unspecified atom stereocenters. The Balaban J connectivity index is 2.02. The first kappa shape index (κ1) is 15.1. The largest absolute Gasteiger partial charge is 0.329 e. The highest BCUT2D eigenvalue weighted by molar-refractivity contribution is 5.95. The predicted molar refractivity (Wildman–Crippen MR) is 86.4 cm³/mol. The number of hydrogen-bond acceptors (Lipinski definition) is 2. The molecule has 0 N–H and O–H groups in total. The van der Waals surface area contributed by atoms with Crippen LogP contribution in [0.1, 0.15) is 68.8 Å². The lowest BCUT2D eigenvalue weighted by Gasteiger charge is -2.52. The average molecular weight is 296 g/mol. The van der Waals surface area contributed by atoms with Crippen molar-refractivity contribution < 1.29 is 4.79 Å². The lowest BCUT2D eigenvalue weighted by Crippen LogP contribution is -2.59. The van der Waals surface area contributed by atoms with Gasteiger partial charge < -0.3 is 4.90 Å². The molecule has 0 aliphatic carbocycles. The Morgan fingerprint density at radius 2 is 2.09 bits per heavy atom. The third-order valence-corrected chi connectivity index (χ3v) is 5.70. The number of nitrogens with zero attached hydrogens (tertiary/aromatic N) is 2. The first-order valence-electron chi connectivity index (χ1n) is 8.23. The second-order valence-electron chi connectivity index (χ2n) is 7.73. The van der Waals surface area contributed by atoms with Crippen LogP contribution < -0.4 is 0 Å². The number of benzene rings is 1. The number of carbonyl (C=O) groups is 1. The molecule has 2 aliphatic rings. The van der Waals surface area contributed by atoms with Gasteiger partial charge in [-0.2, -0.15) is 5.26 Å². The smallest absolute Gasteiger partial charge is 0.254 e. The van der Waals surface area contributed by atoms with E-state index in [4.69, 9.17) is 5.26 Å². The van der Waals surface area contributed by atoms with Gasteiger partial charge >= 0.3 is 0 Å². The molecule has 2 heterocycles. The highest BCUT2D eigenvalue weighted by Gasteiger charge is 2.56. The lowest BCUT2D eigenvalue weighted by molar-refractivity contribution is -0.0142. The van der Waals surface area contributed by atoms with Crippen LogP contribution in [0.2, 0.25) is 0 Å². The van der Waals surface area contributed by atoms with Crippen molar-refractivity contribution in [3.8, 4) is 6.07 Å². The zero-order valence-electron chi connectivity index (χ0n) is 13.7. The molecule has 2 atom stereocenters. The van der Waals surface area contributed by atoms with Crippen LogP contribution in [-0.4, -0.2) is 22.4 Å². The van der Waals surface area contributed by atoms with E-state index in [-0.39, 0.29) is 16.9 Å². The van der Waals surface area contributed by atoms with Crippen LogP contribution in [0.5, 0.6) is 0 Å². The minimum Gasteiger partial charge on any atom is -0.329 e. The number of piperidine rings is 1. The van der Waals surface area contributed by atoms with Gasteiger partial charge in [0.25, 0.3) is 5.91 Å². The number of hydrogen-bond donors (Lipinski definition) is 0. The molecule has 2 aliphatic heterocycles. The van der Waals surface area contributed by atoms with Crippen molar-refractivity contribution in [3.05, 3.63) is 35.4 Å². The van der Waals surface area contributed by atoms with Crippen LogP contribution >= 0.6 is 0 Å². The molecule has 0 saturated carbocycles. The van der Waals surface area contributed by atoms with Gasteiger partial charge in [-0.3, -0.25) is 4.79 Å². The molecule has 2 saturated heterocycles. The van der Waals surface area contributed by atoms with Crippen molar-refractivity contribution in [1.29, 1.82) is 5.26 Å². The molecule has 0 spiro atoms. The van der Waals surface area contributed by atoms with Gasteiger partial charge in [-0.25, -0.2) is 0 Å². The van der Waals surface area contributed by atoms with Gasteiger partial charge in [0.15, 0.2) is 0 Å². The maximum atomic E-state index is 13.2. The topological polar surface area (TPSA) is 44.1 Å². The first-order valence-corrected chi connectivity index (χ1v) is 8.23. The Labute approximate surface area is 132 Å². The summed E-state index contributed by atoms with van der Waals surface area (Å²) in [6.07, 6.45) is 5.63. The summed E-state index contributed by atoms with van der Waals surface area (Å²) in [6, 6.07) is 9.63. The van der Waals surface area contributed by atoms with Crippen molar-refractivity contribution in [2.24, 2.45) is 5.41 Å². The molecule has 116 valence electrons. The van der Waals surface area contributed by atoms with Crippen LogP contribution in [0, 0.1) is 16.7 Å². The van der Waals surface area contributed by atoms with E-state index in [1.807, 2.05) is 6.07 Å². The molecule has 3 heteroatoms. The molecule has 3 nitrogen and oxygen atoms in total. The number of nitriles is 1. The first-order chi connectivity index (χ1) is 10.4. The number of carbonyl (C=O) groups excluding carboxylic acids is 1. The number of amides is 1. The number of fused-ring (bicyclic) bond motifs is 2. The van der Waals surface area contributed by atoms with Crippen LogP contribution in [0.25, 0.3) is 0 Å². The summed E-state index contributed by atoms with van der Waals surface area (Å²) in [5.41, 5.74) is 1.25. The molecule has 3 rings (SSSR count). The van der Waals surface area contributed by atoms with Crippen LogP contribution in [0.15, 0.2) is 24.3 Å². The molecule has 1 aromatic carbocycles. The Morgan fingerprint density at radius 1 is 1.32 bits per heavy atom. The zero-order chi connectivity index (χ0) is 16.0. The fourth-order valence-electron chi connectivity index (χ4n) is 4.49. The van der Waals surface area contributed by atoms with Crippen molar-refractivity contribution in [2.75, 3.05) is 0 Å². The van der Waals surface area contributed by atoms with E-state index in [9.17, 15) is 4.79 Å². The number of rotatable bonds is 1. The van der Waals surface area contributed by atoms with Gasteiger partial charge in [-0.15, -0.1) is 0 Å². The molecule has 2 fully saturated rings. The van der Waals surface area contributed by atoms with Gasteiger partial charge in [-0.1, -0.05) is 26.8 Å². The third-order valence-electron chi connectivity index (χ3n) is 5.70. The van der Waals surface area contributed by atoms with Crippen molar-refractivity contribution in [1.82, 2.24) is 4.90 Å². The highest BCUT2D eigenvalue weighted by atomic mass is 16.2. The normalized spacial score (nSPS) is 27.5. The molecule has 0 radical (unpaired) electrons. The van der Waals surface area contributed by atoms with Gasteiger partial charge in [0, 0.05) is 17.1 Å². The molecule has 1 amide bonds. The van der Waals surface area contributed by atoms with E-state index in [0.29, 0.717) is 17.2 Å². The van der Waals surface area contributed by atoms with E-state index >= 15 is 0 Å². The SMILES string of the molecule is CC(C)(C)C12CCCC(CC1)N2C(=O)c1cccc(C#N)c1. The van der Waals surface area contributed by atoms with E-state index in [1.165, 1.54) is 6.42 Å². The molecular weight excluding hydrogens is 272 g/mol. The average Bonchev–Trinajstić information content (AvgIpc) is 2.73. The van der Waals surface area contributed by atoms with Crippen molar-refractivity contribution >= 4 is 5.91 Å². The van der Waals surface area contributed by atoms with Gasteiger partial charge in [0.2, 0.25) is 0 Å². The van der Waals surface area contributed by atoms with Gasteiger partial charge in [0.05, 0.1) is 11.6 Å². The monoisotopic (exact) mass is 296 g/mol. The third kappa shape index (κ3) is 2.13. The summed E-state index contributed by atoms with van der Waals surface area (Å²) >= 11 is 0.